The molecule has 0 heterocycles. The van der Waals surface area contributed by atoms with E-state index in [1.54, 1.807) is 6.07 Å². The molecule has 1 fully saturated rings. The lowest BCUT2D eigenvalue weighted by molar-refractivity contribution is -0.117. The second-order valence-electron chi connectivity index (χ2n) is 4.40. The molecule has 2 N–H and O–H groups in total. The Morgan fingerprint density at radius 3 is 2.50 bits per heavy atom. The number of hydrazine groups is 1. The molecule has 1 amide bonds. The van der Waals surface area contributed by atoms with E-state index in [2.05, 4.69) is 0 Å². The van der Waals surface area contributed by atoms with Crippen LogP contribution in [0.4, 0.5) is 4.79 Å². The molecular formula is C12H14N2O5S. The smallest absolute Gasteiger partial charge is 0.439 e. The highest BCUT2D eigenvalue weighted by Gasteiger charge is 2.32. The van der Waals surface area contributed by atoms with E-state index in [0.717, 1.165) is 0 Å². The van der Waals surface area contributed by atoms with E-state index < -0.39 is 22.2 Å². The fourth-order valence-corrected chi connectivity index (χ4v) is 2.85. The third-order valence-electron chi connectivity index (χ3n) is 2.95. The van der Waals surface area contributed by atoms with Crippen LogP contribution in [0.1, 0.15) is 19.3 Å². The molecule has 0 aliphatic heterocycles. The summed E-state index contributed by atoms with van der Waals surface area (Å²) in [6.07, 6.45) is -0.969. The summed E-state index contributed by atoms with van der Waals surface area (Å²) in [6, 6.07) is 7.31. The van der Waals surface area contributed by atoms with Crippen LogP contribution >= 0.6 is 0 Å². The number of sulfonamides is 1. The molecule has 0 saturated heterocycles. The molecule has 2 rings (SSSR count). The van der Waals surface area contributed by atoms with Crippen molar-refractivity contribution in [1.29, 1.82) is 0 Å². The number of nitrogens with two attached hydrogens (primary N) is 1. The van der Waals surface area contributed by atoms with Crippen LogP contribution in [0.5, 0.6) is 0 Å². The Morgan fingerprint density at radius 1 is 1.30 bits per heavy atom. The lowest BCUT2D eigenvalue weighted by Crippen LogP contribution is -2.43. The van der Waals surface area contributed by atoms with Gasteiger partial charge in [0.25, 0.3) is 10.0 Å². The molecule has 1 aromatic rings. The van der Waals surface area contributed by atoms with E-state index in [9.17, 15) is 18.0 Å². The van der Waals surface area contributed by atoms with E-state index in [1.165, 1.54) is 24.3 Å². The minimum absolute atomic E-state index is 0.0164. The molecule has 20 heavy (non-hydrogen) atoms. The summed E-state index contributed by atoms with van der Waals surface area (Å²) in [5.74, 6) is 5.31. The first kappa shape index (κ1) is 14.5. The lowest BCUT2D eigenvalue weighted by atomic mass is 10.3. The summed E-state index contributed by atoms with van der Waals surface area (Å²) in [5, 5.41) is 0. The number of amides is 1. The molecule has 1 aliphatic rings. The molecule has 108 valence electrons. The van der Waals surface area contributed by atoms with Gasteiger partial charge in [-0.1, -0.05) is 18.2 Å². The first-order valence-corrected chi connectivity index (χ1v) is 7.42. The highest BCUT2D eigenvalue weighted by molar-refractivity contribution is 7.89. The predicted octanol–water partition coefficient (Wildman–Crippen LogP) is 0.809. The zero-order chi connectivity index (χ0) is 14.8. The van der Waals surface area contributed by atoms with Crippen LogP contribution in [-0.4, -0.2) is 30.8 Å². The maximum absolute atomic E-state index is 12.0. The molecule has 0 bridgehead atoms. The average molecular weight is 298 g/mol. The van der Waals surface area contributed by atoms with E-state index in [1.807, 2.05) is 0 Å². The van der Waals surface area contributed by atoms with Gasteiger partial charge in [0.05, 0.1) is 4.90 Å². The van der Waals surface area contributed by atoms with Crippen molar-refractivity contribution >= 4 is 21.9 Å². The Bertz CT molecular complexity index is 614. The lowest BCUT2D eigenvalue weighted by Gasteiger charge is -2.18. The molecule has 1 aliphatic carbocycles. The first-order chi connectivity index (χ1) is 9.41. The SMILES string of the molecule is NN(C(=O)OC1CCC(=O)C1)S(=O)(=O)c1ccccc1. The van der Waals surface area contributed by atoms with Gasteiger partial charge in [-0.2, -0.15) is 8.42 Å². The van der Waals surface area contributed by atoms with Gasteiger partial charge in [0.2, 0.25) is 0 Å². The largest absolute Gasteiger partial charge is 0.444 e. The topological polar surface area (TPSA) is 107 Å². The standard InChI is InChI=1S/C12H14N2O5S/c13-14(12(16)19-10-7-6-9(15)8-10)20(17,18)11-4-2-1-3-5-11/h1-5,10H,6-8,13H2. The Kier molecular flexibility index (Phi) is 4.05. The van der Waals surface area contributed by atoms with Crippen molar-refractivity contribution in [1.82, 2.24) is 4.41 Å². The van der Waals surface area contributed by atoms with Gasteiger partial charge in [-0.25, -0.2) is 10.6 Å². The van der Waals surface area contributed by atoms with Crippen molar-refractivity contribution in [2.45, 2.75) is 30.3 Å². The van der Waals surface area contributed by atoms with Gasteiger partial charge in [0, 0.05) is 12.8 Å². The van der Waals surface area contributed by atoms with Crippen LogP contribution in [0.3, 0.4) is 0 Å². The normalized spacial score (nSPS) is 18.9. The van der Waals surface area contributed by atoms with Gasteiger partial charge in [-0.3, -0.25) is 4.79 Å². The molecule has 1 unspecified atom stereocenters. The number of nitrogens with zero attached hydrogens (tertiary/aromatic N) is 1. The minimum atomic E-state index is -4.14. The zero-order valence-electron chi connectivity index (χ0n) is 10.6. The van der Waals surface area contributed by atoms with Crippen LogP contribution in [0.2, 0.25) is 0 Å². The van der Waals surface area contributed by atoms with Crippen LogP contribution in [0, 0.1) is 0 Å². The van der Waals surface area contributed by atoms with Crippen molar-refractivity contribution in [2.24, 2.45) is 5.84 Å². The Balaban J connectivity index is 2.08. The highest BCUT2D eigenvalue weighted by Crippen LogP contribution is 2.20. The molecule has 0 spiro atoms. The van der Waals surface area contributed by atoms with Crippen LogP contribution in [-0.2, 0) is 19.6 Å². The molecule has 1 saturated carbocycles. The summed E-state index contributed by atoms with van der Waals surface area (Å²) in [6.45, 7) is 0. The monoisotopic (exact) mass is 298 g/mol. The van der Waals surface area contributed by atoms with Crippen LogP contribution < -0.4 is 5.84 Å². The Morgan fingerprint density at radius 2 is 1.95 bits per heavy atom. The number of carbonyl (C=O) groups excluding carboxylic acids is 2. The van der Waals surface area contributed by atoms with Gasteiger partial charge in [0.15, 0.2) is 0 Å². The molecular weight excluding hydrogens is 284 g/mol. The third kappa shape index (κ3) is 2.97. The molecule has 1 aromatic carbocycles. The number of benzene rings is 1. The Labute approximate surface area is 116 Å². The van der Waals surface area contributed by atoms with E-state index in [0.29, 0.717) is 12.8 Å². The number of ether oxygens (including phenoxy) is 1. The van der Waals surface area contributed by atoms with E-state index in [4.69, 9.17) is 10.6 Å². The van der Waals surface area contributed by atoms with Gasteiger partial charge in [0.1, 0.15) is 11.9 Å². The van der Waals surface area contributed by atoms with E-state index in [-0.39, 0.29) is 21.5 Å². The van der Waals surface area contributed by atoms with Crippen molar-refractivity contribution < 1.29 is 22.7 Å². The summed E-state index contributed by atoms with van der Waals surface area (Å²) in [7, 11) is -4.14. The number of Topliss-reactive ketones (excluding diaryl/α,β-unsaturated/α-hetero) is 1. The first-order valence-electron chi connectivity index (χ1n) is 5.98. The molecule has 0 radical (unpaired) electrons. The van der Waals surface area contributed by atoms with Gasteiger partial charge in [-0.05, 0) is 18.6 Å². The number of ketones is 1. The maximum Gasteiger partial charge on any atom is 0.439 e. The maximum atomic E-state index is 12.0. The second-order valence-corrected chi connectivity index (χ2v) is 6.22. The molecule has 0 aromatic heterocycles. The number of hydrogen-bond acceptors (Lipinski definition) is 6. The number of carbonyl (C=O) groups is 2. The summed E-state index contributed by atoms with van der Waals surface area (Å²) >= 11 is 0. The van der Waals surface area contributed by atoms with Crippen molar-refractivity contribution in [3.05, 3.63) is 30.3 Å². The third-order valence-corrected chi connectivity index (χ3v) is 4.48. The average Bonchev–Trinajstić information content (AvgIpc) is 2.84. The number of rotatable bonds is 3. The molecule has 7 nitrogen and oxygen atoms in total. The Hall–Kier alpha value is -1.93. The van der Waals surface area contributed by atoms with Crippen molar-refractivity contribution in [3.63, 3.8) is 0 Å². The fraction of sp³-hybridized carbons (Fsp3) is 0.333. The van der Waals surface area contributed by atoms with Gasteiger partial charge in [-0.15, -0.1) is 4.41 Å². The fourth-order valence-electron chi connectivity index (χ4n) is 1.88. The van der Waals surface area contributed by atoms with E-state index >= 15 is 0 Å². The van der Waals surface area contributed by atoms with Gasteiger partial charge < -0.3 is 4.74 Å². The molecule has 1 atom stereocenters. The molecule has 8 heteroatoms. The second kappa shape index (κ2) is 5.59. The zero-order valence-corrected chi connectivity index (χ0v) is 11.4. The highest BCUT2D eigenvalue weighted by atomic mass is 32.2. The number of hydrogen-bond donors (Lipinski definition) is 1. The summed E-state index contributed by atoms with van der Waals surface area (Å²) in [4.78, 5) is 22.7. The quantitative estimate of drug-likeness (QED) is 0.502. The van der Waals surface area contributed by atoms with Crippen molar-refractivity contribution in [3.8, 4) is 0 Å². The predicted molar refractivity (Wildman–Crippen MR) is 68.8 cm³/mol. The van der Waals surface area contributed by atoms with Crippen molar-refractivity contribution in [2.75, 3.05) is 0 Å². The minimum Gasteiger partial charge on any atom is -0.444 e. The van der Waals surface area contributed by atoms with Crippen LogP contribution in [0.15, 0.2) is 35.2 Å². The van der Waals surface area contributed by atoms with Crippen LogP contribution in [0.25, 0.3) is 0 Å². The van der Waals surface area contributed by atoms with Gasteiger partial charge >= 0.3 is 6.09 Å². The summed E-state index contributed by atoms with van der Waals surface area (Å²) < 4.78 is 29.1. The summed E-state index contributed by atoms with van der Waals surface area (Å²) in [5.41, 5.74) is 0.